The number of amidine groups is 1. The van der Waals surface area contributed by atoms with Gasteiger partial charge in [0.2, 0.25) is 0 Å². The molecule has 0 unspecified atom stereocenters. The highest BCUT2D eigenvalue weighted by atomic mass is 32.2. The van der Waals surface area contributed by atoms with Gasteiger partial charge in [-0.2, -0.15) is 0 Å². The number of likely N-dealkylation sites (N-methyl/N-ethyl adjacent to an activating group) is 1. The van der Waals surface area contributed by atoms with Crippen molar-refractivity contribution in [1.82, 2.24) is 4.72 Å². The van der Waals surface area contributed by atoms with Crippen LogP contribution in [-0.2, 0) is 10.0 Å². The fourth-order valence-electron chi connectivity index (χ4n) is 2.74. The second-order valence-electron chi connectivity index (χ2n) is 5.83. The van der Waals surface area contributed by atoms with Crippen LogP contribution in [0, 0.1) is 0 Å². The summed E-state index contributed by atoms with van der Waals surface area (Å²) >= 11 is 0. The molecule has 5 nitrogen and oxygen atoms in total. The topological polar surface area (TPSA) is 63.0 Å². The van der Waals surface area contributed by atoms with Gasteiger partial charge >= 0.3 is 0 Å². The Labute approximate surface area is 136 Å². The lowest BCUT2D eigenvalue weighted by Crippen LogP contribution is -3.06. The number of sulfonamides is 1. The van der Waals surface area contributed by atoms with Crippen LogP contribution in [-0.4, -0.2) is 34.9 Å². The predicted octanol–water partition coefficient (Wildman–Crippen LogP) is 0.611. The lowest BCUT2D eigenvalue weighted by Gasteiger charge is -2.20. The van der Waals surface area contributed by atoms with Gasteiger partial charge in [0.25, 0.3) is 10.0 Å². The summed E-state index contributed by atoms with van der Waals surface area (Å²) < 4.78 is 26.8. The number of nitrogens with zero attached hydrogens (tertiary/aromatic N) is 1. The minimum absolute atomic E-state index is 0.168. The standard InChI is InChI=1S/C17H19N3O2S/c1-20(2)15(13-8-4-3-5-9-13)12-18-17-14-10-6-7-11-16(14)23(21,22)19-17/h3-11,15H,12H2,1-2H3,(H,18,19)/p+1/t15-/m1/s1. The SMILES string of the molecule is C[NH+](C)[C@H](CN=C1NS(=O)(=O)c2ccccc21)c1ccccc1. The molecule has 3 rings (SSSR count). The first-order valence-corrected chi connectivity index (χ1v) is 8.99. The van der Waals surface area contributed by atoms with Crippen LogP contribution in [0.15, 0.2) is 64.5 Å². The first-order chi connectivity index (χ1) is 11.0. The van der Waals surface area contributed by atoms with Gasteiger partial charge in [-0.1, -0.05) is 42.5 Å². The quantitative estimate of drug-likeness (QED) is 0.863. The Morgan fingerprint density at radius 3 is 2.39 bits per heavy atom. The summed E-state index contributed by atoms with van der Waals surface area (Å²) in [7, 11) is 0.673. The average Bonchev–Trinajstić information content (AvgIpc) is 2.80. The highest BCUT2D eigenvalue weighted by Gasteiger charge is 2.30. The molecule has 0 aromatic heterocycles. The smallest absolute Gasteiger partial charge is 0.263 e. The summed E-state index contributed by atoms with van der Waals surface area (Å²) in [6.07, 6.45) is 0. The Balaban J connectivity index is 1.91. The summed E-state index contributed by atoms with van der Waals surface area (Å²) in [5.74, 6) is 0.433. The summed E-state index contributed by atoms with van der Waals surface area (Å²) in [5.41, 5.74) is 1.83. The van der Waals surface area contributed by atoms with Crippen molar-refractivity contribution in [1.29, 1.82) is 0 Å². The van der Waals surface area contributed by atoms with Crippen molar-refractivity contribution in [3.05, 3.63) is 65.7 Å². The Morgan fingerprint density at radius 2 is 1.70 bits per heavy atom. The Morgan fingerprint density at radius 1 is 1.04 bits per heavy atom. The number of benzene rings is 2. The number of aliphatic imine (C=N–C) groups is 1. The van der Waals surface area contributed by atoms with E-state index in [1.165, 1.54) is 10.5 Å². The number of nitrogens with one attached hydrogen (secondary N) is 2. The van der Waals surface area contributed by atoms with E-state index < -0.39 is 10.0 Å². The maximum Gasteiger partial charge on any atom is 0.263 e. The second-order valence-corrected chi connectivity index (χ2v) is 7.48. The van der Waals surface area contributed by atoms with Crippen LogP contribution in [0.5, 0.6) is 0 Å². The van der Waals surface area contributed by atoms with E-state index in [0.717, 1.165) is 0 Å². The van der Waals surface area contributed by atoms with Gasteiger partial charge in [0.15, 0.2) is 0 Å². The van der Waals surface area contributed by atoms with Gasteiger partial charge < -0.3 is 4.90 Å². The molecule has 2 N–H and O–H groups in total. The zero-order chi connectivity index (χ0) is 16.4. The van der Waals surface area contributed by atoms with Crippen molar-refractivity contribution in [3.8, 4) is 0 Å². The molecule has 23 heavy (non-hydrogen) atoms. The van der Waals surface area contributed by atoms with Gasteiger partial charge in [-0.05, 0) is 12.1 Å². The number of quaternary nitrogens is 1. The first-order valence-electron chi connectivity index (χ1n) is 7.51. The average molecular weight is 330 g/mol. The molecular weight excluding hydrogens is 310 g/mol. The minimum atomic E-state index is -3.48. The summed E-state index contributed by atoms with van der Waals surface area (Å²) in [6, 6.07) is 17.2. The van der Waals surface area contributed by atoms with E-state index in [2.05, 4.69) is 35.9 Å². The maximum atomic E-state index is 12.1. The molecular formula is C17H20N3O2S+. The molecule has 1 aliphatic rings. The third kappa shape index (κ3) is 3.13. The van der Waals surface area contributed by atoms with E-state index in [0.29, 0.717) is 22.8 Å². The second kappa shape index (κ2) is 6.14. The molecule has 1 aliphatic heterocycles. The summed E-state index contributed by atoms with van der Waals surface area (Å²) in [4.78, 5) is 6.11. The van der Waals surface area contributed by atoms with Crippen LogP contribution in [0.25, 0.3) is 0 Å². The highest BCUT2D eigenvalue weighted by Crippen LogP contribution is 2.22. The lowest BCUT2D eigenvalue weighted by atomic mass is 10.1. The predicted molar refractivity (Wildman–Crippen MR) is 90.2 cm³/mol. The molecule has 120 valence electrons. The van der Waals surface area contributed by atoms with Crippen LogP contribution in [0.2, 0.25) is 0 Å². The van der Waals surface area contributed by atoms with E-state index in [1.54, 1.807) is 18.2 Å². The molecule has 2 aromatic rings. The molecule has 0 saturated carbocycles. The third-order valence-corrected chi connectivity index (χ3v) is 5.39. The van der Waals surface area contributed by atoms with Gasteiger partial charge in [0.1, 0.15) is 11.9 Å². The van der Waals surface area contributed by atoms with Gasteiger partial charge in [-0.25, -0.2) is 8.42 Å². The number of hydrogen-bond acceptors (Lipinski definition) is 3. The molecule has 0 aliphatic carbocycles. The third-order valence-electron chi connectivity index (χ3n) is 3.99. The summed E-state index contributed by atoms with van der Waals surface area (Å²) in [6.45, 7) is 0.512. The zero-order valence-corrected chi connectivity index (χ0v) is 14.0. The molecule has 0 fully saturated rings. The van der Waals surface area contributed by atoms with Gasteiger partial charge in [-0.15, -0.1) is 0 Å². The zero-order valence-electron chi connectivity index (χ0n) is 13.2. The number of fused-ring (bicyclic) bond motifs is 1. The minimum Gasteiger partial charge on any atom is -0.332 e. The van der Waals surface area contributed by atoms with E-state index in [9.17, 15) is 8.42 Å². The van der Waals surface area contributed by atoms with E-state index in [1.807, 2.05) is 24.3 Å². The molecule has 1 atom stereocenters. The van der Waals surface area contributed by atoms with Crippen molar-refractivity contribution in [2.45, 2.75) is 10.9 Å². The van der Waals surface area contributed by atoms with Crippen LogP contribution in [0.1, 0.15) is 17.2 Å². The number of rotatable bonds is 4. The Hall–Kier alpha value is -2.18. The molecule has 0 saturated heterocycles. The van der Waals surface area contributed by atoms with Crippen molar-refractivity contribution < 1.29 is 13.3 Å². The fraction of sp³-hybridized carbons (Fsp3) is 0.235. The molecule has 6 heteroatoms. The van der Waals surface area contributed by atoms with Crippen molar-refractivity contribution in [3.63, 3.8) is 0 Å². The van der Waals surface area contributed by atoms with Crippen LogP contribution in [0.4, 0.5) is 0 Å². The molecule has 0 radical (unpaired) electrons. The van der Waals surface area contributed by atoms with Gasteiger partial charge in [0.05, 0.1) is 25.5 Å². The Kier molecular flexibility index (Phi) is 4.19. The van der Waals surface area contributed by atoms with Crippen LogP contribution in [0.3, 0.4) is 0 Å². The molecule has 1 heterocycles. The van der Waals surface area contributed by atoms with Gasteiger partial charge in [-0.3, -0.25) is 9.71 Å². The maximum absolute atomic E-state index is 12.1. The van der Waals surface area contributed by atoms with Crippen LogP contribution < -0.4 is 9.62 Å². The normalized spacial score (nSPS) is 18.7. The molecule has 0 amide bonds. The van der Waals surface area contributed by atoms with Crippen molar-refractivity contribution >= 4 is 15.9 Å². The lowest BCUT2D eigenvalue weighted by molar-refractivity contribution is -0.890. The Bertz CT molecular complexity index is 830. The highest BCUT2D eigenvalue weighted by molar-refractivity contribution is 7.90. The van der Waals surface area contributed by atoms with Crippen molar-refractivity contribution in [2.24, 2.45) is 4.99 Å². The largest absolute Gasteiger partial charge is 0.332 e. The number of hydrogen-bond donors (Lipinski definition) is 2. The fourth-order valence-corrected chi connectivity index (χ4v) is 3.99. The molecule has 2 aromatic carbocycles. The van der Waals surface area contributed by atoms with E-state index in [4.69, 9.17) is 0 Å². The van der Waals surface area contributed by atoms with Gasteiger partial charge in [0, 0.05) is 11.1 Å². The monoisotopic (exact) mass is 330 g/mol. The van der Waals surface area contributed by atoms with E-state index >= 15 is 0 Å². The molecule has 0 bridgehead atoms. The van der Waals surface area contributed by atoms with Crippen molar-refractivity contribution in [2.75, 3.05) is 20.6 Å². The van der Waals surface area contributed by atoms with E-state index in [-0.39, 0.29) is 6.04 Å². The molecule has 0 spiro atoms. The summed E-state index contributed by atoms with van der Waals surface area (Å²) in [5, 5.41) is 0. The first kappa shape index (κ1) is 15.7. The van der Waals surface area contributed by atoms with Crippen LogP contribution >= 0.6 is 0 Å².